The van der Waals surface area contributed by atoms with Crippen LogP contribution in [0.2, 0.25) is 5.02 Å². The Kier molecular flexibility index (Phi) is 4.15. The number of hydrogen-bond donors (Lipinski definition) is 1. The lowest BCUT2D eigenvalue weighted by atomic mass is 10.0. The molecule has 0 aliphatic carbocycles. The first-order valence-corrected chi connectivity index (χ1v) is 7.84. The number of aliphatic hydroxyl groups is 1. The van der Waals surface area contributed by atoms with Gasteiger partial charge < -0.3 is 14.6 Å². The molecule has 1 unspecified atom stereocenters. The standard InChI is InChI=1S/C15H15ClO3S/c16-12-7-11(8-14-15(12)19-5-4-18-14)13(17)2-1-10-3-6-20-9-10/h3,6-9,13,17H,1-2,4-5H2. The summed E-state index contributed by atoms with van der Waals surface area (Å²) in [5.41, 5.74) is 2.02. The minimum absolute atomic E-state index is 0.492. The van der Waals surface area contributed by atoms with Gasteiger partial charge in [0.2, 0.25) is 0 Å². The van der Waals surface area contributed by atoms with Crippen LogP contribution in [0.15, 0.2) is 29.0 Å². The molecule has 106 valence electrons. The Balaban J connectivity index is 1.74. The smallest absolute Gasteiger partial charge is 0.179 e. The van der Waals surface area contributed by atoms with E-state index in [1.807, 2.05) is 11.4 Å². The van der Waals surface area contributed by atoms with E-state index in [4.69, 9.17) is 21.1 Å². The third-order valence-corrected chi connectivity index (χ3v) is 4.30. The lowest BCUT2D eigenvalue weighted by molar-refractivity contribution is 0.159. The summed E-state index contributed by atoms with van der Waals surface area (Å²) < 4.78 is 11.0. The first kappa shape index (κ1) is 13.7. The van der Waals surface area contributed by atoms with Crippen LogP contribution in [-0.4, -0.2) is 18.3 Å². The van der Waals surface area contributed by atoms with Gasteiger partial charge in [-0.1, -0.05) is 11.6 Å². The Morgan fingerprint density at radius 3 is 2.95 bits per heavy atom. The molecule has 0 saturated heterocycles. The summed E-state index contributed by atoms with van der Waals surface area (Å²) in [5, 5.41) is 14.9. The molecule has 3 rings (SSSR count). The molecule has 0 radical (unpaired) electrons. The predicted molar refractivity (Wildman–Crippen MR) is 80.0 cm³/mol. The summed E-state index contributed by atoms with van der Waals surface area (Å²) in [5.74, 6) is 1.19. The molecule has 1 N–H and O–H groups in total. The van der Waals surface area contributed by atoms with Gasteiger partial charge in [-0.3, -0.25) is 0 Å². The average Bonchev–Trinajstić information content (AvgIpc) is 2.98. The van der Waals surface area contributed by atoms with E-state index in [0.717, 1.165) is 12.0 Å². The summed E-state index contributed by atoms with van der Waals surface area (Å²) in [4.78, 5) is 0. The summed E-state index contributed by atoms with van der Waals surface area (Å²) in [6.45, 7) is 1.02. The summed E-state index contributed by atoms with van der Waals surface area (Å²) in [7, 11) is 0. The highest BCUT2D eigenvalue weighted by Crippen LogP contribution is 2.40. The second kappa shape index (κ2) is 6.04. The van der Waals surface area contributed by atoms with Crippen LogP contribution in [0, 0.1) is 0 Å². The molecule has 3 nitrogen and oxygen atoms in total. The molecule has 1 aliphatic heterocycles. The molecule has 1 atom stereocenters. The van der Waals surface area contributed by atoms with Crippen molar-refractivity contribution in [2.24, 2.45) is 0 Å². The van der Waals surface area contributed by atoms with Crippen molar-refractivity contribution in [1.82, 2.24) is 0 Å². The highest BCUT2D eigenvalue weighted by atomic mass is 35.5. The number of halogens is 1. The first-order chi connectivity index (χ1) is 9.74. The van der Waals surface area contributed by atoms with Gasteiger partial charge in [0.1, 0.15) is 13.2 Å². The Labute approximate surface area is 126 Å². The first-order valence-electron chi connectivity index (χ1n) is 6.52. The quantitative estimate of drug-likeness (QED) is 0.932. The van der Waals surface area contributed by atoms with Crippen molar-refractivity contribution in [3.63, 3.8) is 0 Å². The zero-order valence-electron chi connectivity index (χ0n) is 10.8. The molecule has 2 aromatic rings. The van der Waals surface area contributed by atoms with Gasteiger partial charge in [-0.25, -0.2) is 0 Å². The molecule has 1 aromatic carbocycles. The van der Waals surface area contributed by atoms with Crippen molar-refractivity contribution in [3.8, 4) is 11.5 Å². The fourth-order valence-electron chi connectivity index (χ4n) is 2.23. The molecular formula is C15H15ClO3S. The van der Waals surface area contributed by atoms with Crippen molar-refractivity contribution in [2.45, 2.75) is 18.9 Å². The predicted octanol–water partition coefficient (Wildman–Crippen LogP) is 3.84. The van der Waals surface area contributed by atoms with Crippen LogP contribution >= 0.6 is 22.9 Å². The highest BCUT2D eigenvalue weighted by molar-refractivity contribution is 7.07. The maximum absolute atomic E-state index is 10.3. The van der Waals surface area contributed by atoms with Crippen LogP contribution in [0.3, 0.4) is 0 Å². The molecule has 20 heavy (non-hydrogen) atoms. The minimum Gasteiger partial charge on any atom is -0.486 e. The number of thiophene rings is 1. The van der Waals surface area contributed by atoms with Crippen LogP contribution in [0.1, 0.15) is 23.7 Å². The van der Waals surface area contributed by atoms with E-state index in [1.54, 1.807) is 17.4 Å². The van der Waals surface area contributed by atoms with Crippen LogP contribution in [0.25, 0.3) is 0 Å². The third kappa shape index (κ3) is 2.92. The Bertz CT molecular complexity index is 583. The van der Waals surface area contributed by atoms with E-state index in [2.05, 4.69) is 11.4 Å². The van der Waals surface area contributed by atoms with E-state index in [0.29, 0.717) is 36.2 Å². The van der Waals surface area contributed by atoms with Crippen molar-refractivity contribution >= 4 is 22.9 Å². The lowest BCUT2D eigenvalue weighted by Crippen LogP contribution is -2.16. The summed E-state index contributed by atoms with van der Waals surface area (Å²) in [6, 6.07) is 5.65. The molecule has 2 heterocycles. The van der Waals surface area contributed by atoms with Gasteiger partial charge in [-0.15, -0.1) is 0 Å². The van der Waals surface area contributed by atoms with Crippen LogP contribution in [0.4, 0.5) is 0 Å². The molecule has 0 spiro atoms. The number of benzene rings is 1. The second-order valence-corrected chi connectivity index (χ2v) is 5.90. The number of aryl methyl sites for hydroxylation is 1. The molecule has 1 aliphatic rings. The van der Waals surface area contributed by atoms with Gasteiger partial charge in [-0.2, -0.15) is 11.3 Å². The Hall–Kier alpha value is -1.23. The normalized spacial score (nSPS) is 15.1. The molecule has 0 fully saturated rings. The molecule has 5 heteroatoms. The largest absolute Gasteiger partial charge is 0.486 e. The Morgan fingerprint density at radius 1 is 1.30 bits per heavy atom. The molecule has 0 saturated carbocycles. The SMILES string of the molecule is OC(CCc1ccsc1)c1cc(Cl)c2c(c1)OCCO2. The van der Waals surface area contributed by atoms with E-state index in [9.17, 15) is 5.11 Å². The minimum atomic E-state index is -0.553. The van der Waals surface area contributed by atoms with Crippen molar-refractivity contribution < 1.29 is 14.6 Å². The second-order valence-electron chi connectivity index (χ2n) is 4.71. The van der Waals surface area contributed by atoms with E-state index in [1.165, 1.54) is 5.56 Å². The maximum Gasteiger partial charge on any atom is 0.179 e. The highest BCUT2D eigenvalue weighted by Gasteiger charge is 2.19. The van der Waals surface area contributed by atoms with Crippen LogP contribution < -0.4 is 9.47 Å². The van der Waals surface area contributed by atoms with Crippen LogP contribution in [0.5, 0.6) is 11.5 Å². The number of aliphatic hydroxyl groups excluding tert-OH is 1. The maximum atomic E-state index is 10.3. The lowest BCUT2D eigenvalue weighted by Gasteiger charge is -2.21. The van der Waals surface area contributed by atoms with Crippen molar-refractivity contribution in [3.05, 3.63) is 45.1 Å². The van der Waals surface area contributed by atoms with Gasteiger partial charge in [-0.05, 0) is 52.9 Å². The van der Waals surface area contributed by atoms with E-state index < -0.39 is 6.10 Å². The third-order valence-electron chi connectivity index (χ3n) is 3.29. The molecular weight excluding hydrogens is 296 g/mol. The van der Waals surface area contributed by atoms with E-state index in [-0.39, 0.29) is 0 Å². The monoisotopic (exact) mass is 310 g/mol. The van der Waals surface area contributed by atoms with Gasteiger partial charge in [0.15, 0.2) is 11.5 Å². The molecule has 0 bridgehead atoms. The number of fused-ring (bicyclic) bond motifs is 1. The number of rotatable bonds is 4. The average molecular weight is 311 g/mol. The topological polar surface area (TPSA) is 38.7 Å². The summed E-state index contributed by atoms with van der Waals surface area (Å²) >= 11 is 7.85. The van der Waals surface area contributed by atoms with Crippen molar-refractivity contribution in [1.29, 1.82) is 0 Å². The van der Waals surface area contributed by atoms with Gasteiger partial charge in [0.05, 0.1) is 11.1 Å². The molecule has 0 amide bonds. The fourth-order valence-corrected chi connectivity index (χ4v) is 3.20. The van der Waals surface area contributed by atoms with E-state index >= 15 is 0 Å². The summed E-state index contributed by atoms with van der Waals surface area (Å²) in [6.07, 6.45) is 0.951. The number of hydrogen-bond acceptors (Lipinski definition) is 4. The fraction of sp³-hybridized carbons (Fsp3) is 0.333. The zero-order valence-corrected chi connectivity index (χ0v) is 12.4. The van der Waals surface area contributed by atoms with Crippen molar-refractivity contribution in [2.75, 3.05) is 13.2 Å². The Morgan fingerprint density at radius 2 is 2.15 bits per heavy atom. The zero-order chi connectivity index (χ0) is 13.9. The van der Waals surface area contributed by atoms with Crippen LogP contribution in [-0.2, 0) is 6.42 Å². The molecule has 1 aromatic heterocycles. The van der Waals surface area contributed by atoms with Gasteiger partial charge in [0.25, 0.3) is 0 Å². The van der Waals surface area contributed by atoms with Gasteiger partial charge >= 0.3 is 0 Å². The van der Waals surface area contributed by atoms with Gasteiger partial charge in [0, 0.05) is 0 Å². The number of ether oxygens (including phenoxy) is 2.